The second-order valence-corrected chi connectivity index (χ2v) is 6.22. The van der Waals surface area contributed by atoms with Crippen molar-refractivity contribution in [1.29, 1.82) is 0 Å². The molecule has 2 saturated heterocycles. The van der Waals surface area contributed by atoms with Gasteiger partial charge in [0.25, 0.3) is 0 Å². The largest absolute Gasteiger partial charge is 0.492 e. The number of amides is 4. The first-order valence-electron chi connectivity index (χ1n) is 8.31. The van der Waals surface area contributed by atoms with Crippen LogP contribution in [-0.2, 0) is 9.59 Å². The maximum absolute atomic E-state index is 12.3. The van der Waals surface area contributed by atoms with Crippen LogP contribution >= 0.6 is 0 Å². The summed E-state index contributed by atoms with van der Waals surface area (Å²) in [5.74, 6) is 0.525. The molecule has 2 unspecified atom stereocenters. The summed E-state index contributed by atoms with van der Waals surface area (Å²) in [6.07, 6.45) is 0.273. The zero-order valence-corrected chi connectivity index (χ0v) is 14.1. The van der Waals surface area contributed by atoms with Crippen molar-refractivity contribution in [3.8, 4) is 5.75 Å². The standard InChI is InChI=1S/C17H22N4O4/c1-20-14(10-18-17(20)24)16(23)19-12-9-15(22)21(11-12)7-8-25-13-5-3-2-4-6-13/h2-6,12,14H,7-11H2,1H3,(H,18,24)(H,19,23). The maximum atomic E-state index is 12.3. The lowest BCUT2D eigenvalue weighted by Gasteiger charge is -2.21. The zero-order chi connectivity index (χ0) is 17.8. The zero-order valence-electron chi connectivity index (χ0n) is 14.1. The average Bonchev–Trinajstić information content (AvgIpc) is 3.11. The van der Waals surface area contributed by atoms with Crippen molar-refractivity contribution in [3.63, 3.8) is 0 Å². The molecule has 2 atom stereocenters. The fraction of sp³-hybridized carbons (Fsp3) is 0.471. The minimum atomic E-state index is -0.530. The number of likely N-dealkylation sites (N-methyl/N-ethyl adjacent to an activating group) is 1. The fourth-order valence-electron chi connectivity index (χ4n) is 3.03. The lowest BCUT2D eigenvalue weighted by atomic mass is 10.2. The Bertz CT molecular complexity index is 651. The number of carbonyl (C=O) groups excluding carboxylic acids is 3. The molecular formula is C17H22N4O4. The second kappa shape index (κ2) is 7.42. The Labute approximate surface area is 146 Å². The number of urea groups is 1. The van der Waals surface area contributed by atoms with E-state index >= 15 is 0 Å². The average molecular weight is 346 g/mol. The smallest absolute Gasteiger partial charge is 0.317 e. The highest BCUT2D eigenvalue weighted by Crippen LogP contribution is 2.13. The monoisotopic (exact) mass is 346 g/mol. The summed E-state index contributed by atoms with van der Waals surface area (Å²) >= 11 is 0. The summed E-state index contributed by atoms with van der Waals surface area (Å²) in [6, 6.07) is 8.39. The van der Waals surface area contributed by atoms with Gasteiger partial charge in [-0.05, 0) is 12.1 Å². The van der Waals surface area contributed by atoms with Gasteiger partial charge in [-0.25, -0.2) is 4.79 Å². The third-order valence-electron chi connectivity index (χ3n) is 4.47. The maximum Gasteiger partial charge on any atom is 0.317 e. The van der Waals surface area contributed by atoms with Crippen LogP contribution in [0.5, 0.6) is 5.75 Å². The molecule has 0 aliphatic carbocycles. The van der Waals surface area contributed by atoms with Crippen LogP contribution in [0.1, 0.15) is 6.42 Å². The van der Waals surface area contributed by atoms with Gasteiger partial charge in [0.2, 0.25) is 11.8 Å². The molecule has 2 aliphatic heterocycles. The molecule has 2 fully saturated rings. The van der Waals surface area contributed by atoms with E-state index in [4.69, 9.17) is 4.74 Å². The van der Waals surface area contributed by atoms with E-state index in [9.17, 15) is 14.4 Å². The highest BCUT2D eigenvalue weighted by Gasteiger charge is 2.36. The van der Waals surface area contributed by atoms with Crippen molar-refractivity contribution in [2.75, 3.05) is 33.3 Å². The molecule has 2 N–H and O–H groups in total. The van der Waals surface area contributed by atoms with Crippen molar-refractivity contribution < 1.29 is 19.1 Å². The minimum absolute atomic E-state index is 0.00376. The Kier molecular flexibility index (Phi) is 5.06. The van der Waals surface area contributed by atoms with Crippen molar-refractivity contribution in [2.45, 2.75) is 18.5 Å². The predicted octanol–water partition coefficient (Wildman–Crippen LogP) is -0.194. The number of benzene rings is 1. The van der Waals surface area contributed by atoms with Gasteiger partial charge in [0, 0.05) is 26.6 Å². The van der Waals surface area contributed by atoms with Crippen LogP contribution in [0.15, 0.2) is 30.3 Å². The van der Waals surface area contributed by atoms with Crippen molar-refractivity contribution in [3.05, 3.63) is 30.3 Å². The molecule has 0 bridgehead atoms. The van der Waals surface area contributed by atoms with Crippen molar-refractivity contribution in [1.82, 2.24) is 20.4 Å². The fourth-order valence-corrected chi connectivity index (χ4v) is 3.03. The van der Waals surface area contributed by atoms with Crippen LogP contribution in [-0.4, -0.2) is 73.0 Å². The number of carbonyl (C=O) groups is 3. The van der Waals surface area contributed by atoms with Crippen LogP contribution in [0.25, 0.3) is 0 Å². The Hall–Kier alpha value is -2.77. The first-order chi connectivity index (χ1) is 12.0. The lowest BCUT2D eigenvalue weighted by Crippen LogP contribution is -2.48. The molecule has 0 aromatic heterocycles. The number of para-hydroxylation sites is 1. The van der Waals surface area contributed by atoms with E-state index in [2.05, 4.69) is 10.6 Å². The molecule has 134 valence electrons. The Morgan fingerprint density at radius 3 is 2.76 bits per heavy atom. The molecule has 25 heavy (non-hydrogen) atoms. The predicted molar refractivity (Wildman–Crippen MR) is 90.0 cm³/mol. The van der Waals surface area contributed by atoms with Gasteiger partial charge in [0.1, 0.15) is 18.4 Å². The highest BCUT2D eigenvalue weighted by molar-refractivity contribution is 5.91. The van der Waals surface area contributed by atoms with E-state index in [0.29, 0.717) is 19.7 Å². The first-order valence-corrected chi connectivity index (χ1v) is 8.31. The molecule has 8 nitrogen and oxygen atoms in total. The van der Waals surface area contributed by atoms with E-state index in [-0.39, 0.29) is 36.9 Å². The molecule has 3 rings (SSSR count). The van der Waals surface area contributed by atoms with Gasteiger partial charge in [-0.1, -0.05) is 18.2 Å². The first kappa shape index (κ1) is 17.1. The van der Waals surface area contributed by atoms with Crippen LogP contribution < -0.4 is 15.4 Å². The molecule has 2 aliphatic rings. The van der Waals surface area contributed by atoms with Gasteiger partial charge in [-0.2, -0.15) is 0 Å². The SMILES string of the molecule is CN1C(=O)NCC1C(=O)NC1CC(=O)N(CCOc2ccccc2)C1. The molecule has 2 heterocycles. The highest BCUT2D eigenvalue weighted by atomic mass is 16.5. The van der Waals surface area contributed by atoms with Gasteiger partial charge in [-0.3, -0.25) is 9.59 Å². The van der Waals surface area contributed by atoms with E-state index in [1.165, 1.54) is 4.90 Å². The summed E-state index contributed by atoms with van der Waals surface area (Å²) in [7, 11) is 1.58. The lowest BCUT2D eigenvalue weighted by molar-refractivity contribution is -0.128. The summed E-state index contributed by atoms with van der Waals surface area (Å²) in [6.45, 7) is 1.63. The van der Waals surface area contributed by atoms with Crippen LogP contribution in [0.2, 0.25) is 0 Å². The minimum Gasteiger partial charge on any atom is -0.492 e. The number of ether oxygens (including phenoxy) is 1. The molecule has 1 aromatic rings. The molecular weight excluding hydrogens is 324 g/mol. The molecule has 1 aromatic carbocycles. The normalized spacial score (nSPS) is 22.9. The van der Waals surface area contributed by atoms with Crippen molar-refractivity contribution in [2.24, 2.45) is 0 Å². The molecule has 0 radical (unpaired) electrons. The summed E-state index contributed by atoms with van der Waals surface area (Å²) < 4.78 is 5.61. The van der Waals surface area contributed by atoms with Gasteiger partial charge < -0.3 is 25.2 Å². The summed E-state index contributed by atoms with van der Waals surface area (Å²) in [5, 5.41) is 5.48. The third kappa shape index (κ3) is 4.01. The molecule has 8 heteroatoms. The topological polar surface area (TPSA) is 91.0 Å². The number of hydrogen-bond donors (Lipinski definition) is 2. The van der Waals surface area contributed by atoms with Gasteiger partial charge in [0.05, 0.1) is 12.6 Å². The number of hydrogen-bond acceptors (Lipinski definition) is 4. The number of likely N-dealkylation sites (tertiary alicyclic amines) is 1. The second-order valence-electron chi connectivity index (χ2n) is 6.22. The Balaban J connectivity index is 1.44. The third-order valence-corrected chi connectivity index (χ3v) is 4.47. The number of nitrogens with one attached hydrogen (secondary N) is 2. The van der Waals surface area contributed by atoms with E-state index in [0.717, 1.165) is 5.75 Å². The van der Waals surface area contributed by atoms with Crippen molar-refractivity contribution >= 4 is 17.8 Å². The van der Waals surface area contributed by atoms with Crippen LogP contribution in [0.3, 0.4) is 0 Å². The van der Waals surface area contributed by atoms with E-state index in [1.54, 1.807) is 11.9 Å². The Morgan fingerprint density at radius 2 is 2.08 bits per heavy atom. The van der Waals surface area contributed by atoms with Crippen LogP contribution in [0.4, 0.5) is 4.79 Å². The van der Waals surface area contributed by atoms with E-state index < -0.39 is 6.04 Å². The number of rotatable bonds is 6. The summed E-state index contributed by atoms with van der Waals surface area (Å²) in [5.41, 5.74) is 0. The quantitative estimate of drug-likeness (QED) is 0.747. The van der Waals surface area contributed by atoms with Gasteiger partial charge in [0.15, 0.2) is 0 Å². The molecule has 0 saturated carbocycles. The number of nitrogens with zero attached hydrogens (tertiary/aromatic N) is 2. The van der Waals surface area contributed by atoms with E-state index in [1.807, 2.05) is 30.3 Å². The van der Waals surface area contributed by atoms with Gasteiger partial charge in [-0.15, -0.1) is 0 Å². The van der Waals surface area contributed by atoms with Gasteiger partial charge >= 0.3 is 6.03 Å². The summed E-state index contributed by atoms with van der Waals surface area (Å²) in [4.78, 5) is 38.8. The molecule has 0 spiro atoms. The van der Waals surface area contributed by atoms with Crippen LogP contribution in [0, 0.1) is 0 Å². The molecule has 4 amide bonds. The Morgan fingerprint density at radius 1 is 1.32 bits per heavy atom.